The molecule has 4 rings (SSSR count). The Morgan fingerprint density at radius 3 is 2.41 bits per heavy atom. The van der Waals surface area contributed by atoms with Crippen LogP contribution in [0.1, 0.15) is 17.5 Å². The van der Waals surface area contributed by atoms with Crippen molar-refractivity contribution < 1.29 is 10.2 Å². The zero-order valence-electron chi connectivity index (χ0n) is 12.0. The van der Waals surface area contributed by atoms with Crippen LogP contribution < -0.4 is 0 Å². The van der Waals surface area contributed by atoms with Gasteiger partial charge in [-0.2, -0.15) is 0 Å². The van der Waals surface area contributed by atoms with Crippen LogP contribution in [0, 0.1) is 0 Å². The van der Waals surface area contributed by atoms with Gasteiger partial charge in [0, 0.05) is 12.0 Å². The van der Waals surface area contributed by atoms with Crippen LogP contribution in [0.2, 0.25) is 0 Å². The first-order valence-electron chi connectivity index (χ1n) is 7.40. The summed E-state index contributed by atoms with van der Waals surface area (Å²) in [5.74, 6) is -1.82. The van der Waals surface area contributed by atoms with Gasteiger partial charge < -0.3 is 10.2 Å². The highest BCUT2D eigenvalue weighted by Gasteiger charge is 2.32. The zero-order chi connectivity index (χ0) is 15.2. The first-order chi connectivity index (χ1) is 10.7. The van der Waals surface area contributed by atoms with Gasteiger partial charge in [-0.1, -0.05) is 72.8 Å². The second-order valence-corrected chi connectivity index (χ2v) is 5.72. The molecule has 22 heavy (non-hydrogen) atoms. The van der Waals surface area contributed by atoms with E-state index in [-0.39, 0.29) is 6.42 Å². The third kappa shape index (κ3) is 1.97. The molecule has 3 aromatic rings. The summed E-state index contributed by atoms with van der Waals surface area (Å²) in [6.07, 6.45) is 3.96. The minimum Gasteiger partial charge on any atom is -0.362 e. The molecule has 108 valence electrons. The average molecular weight is 288 g/mol. The SMILES string of the molecule is OC1(O)CC=Cc2cccc(-c3cccc4ccccc34)c21. The number of aliphatic hydroxyl groups is 2. The van der Waals surface area contributed by atoms with Crippen molar-refractivity contribution in [2.45, 2.75) is 12.2 Å². The fraction of sp³-hybridized carbons (Fsp3) is 0.100. The van der Waals surface area contributed by atoms with Gasteiger partial charge in [-0.25, -0.2) is 0 Å². The Bertz CT molecular complexity index is 886. The third-order valence-corrected chi connectivity index (χ3v) is 4.28. The number of hydrogen-bond acceptors (Lipinski definition) is 2. The minimum atomic E-state index is -1.82. The molecule has 2 heteroatoms. The highest BCUT2D eigenvalue weighted by molar-refractivity contribution is 5.98. The summed E-state index contributed by atoms with van der Waals surface area (Å²) in [7, 11) is 0. The number of hydrogen-bond donors (Lipinski definition) is 2. The smallest absolute Gasteiger partial charge is 0.194 e. The van der Waals surface area contributed by atoms with Crippen LogP contribution in [0.4, 0.5) is 0 Å². The molecule has 3 aromatic carbocycles. The van der Waals surface area contributed by atoms with Gasteiger partial charge in [0.05, 0.1) is 0 Å². The van der Waals surface area contributed by atoms with E-state index >= 15 is 0 Å². The Hall–Kier alpha value is -2.42. The lowest BCUT2D eigenvalue weighted by Crippen LogP contribution is -2.28. The molecule has 0 atom stereocenters. The second kappa shape index (κ2) is 4.80. The van der Waals surface area contributed by atoms with Crippen LogP contribution in [0.3, 0.4) is 0 Å². The summed E-state index contributed by atoms with van der Waals surface area (Å²) < 4.78 is 0. The number of benzene rings is 3. The molecule has 0 radical (unpaired) electrons. The molecule has 0 spiro atoms. The zero-order valence-corrected chi connectivity index (χ0v) is 12.0. The standard InChI is InChI=1S/C20H16O2/c21-20(22)13-5-9-15-8-4-12-18(19(15)20)17-11-3-7-14-6-1-2-10-16(14)17/h1-12,21-22H,13H2. The lowest BCUT2D eigenvalue weighted by molar-refractivity contribution is -0.166. The maximum absolute atomic E-state index is 10.4. The summed E-state index contributed by atoms with van der Waals surface area (Å²) >= 11 is 0. The summed E-state index contributed by atoms with van der Waals surface area (Å²) in [5, 5.41) is 23.1. The Morgan fingerprint density at radius 2 is 1.50 bits per heavy atom. The average Bonchev–Trinajstić information content (AvgIpc) is 2.53. The van der Waals surface area contributed by atoms with Crippen molar-refractivity contribution in [3.63, 3.8) is 0 Å². The Morgan fingerprint density at radius 1 is 0.773 bits per heavy atom. The van der Waals surface area contributed by atoms with Crippen molar-refractivity contribution in [1.29, 1.82) is 0 Å². The predicted molar refractivity (Wildman–Crippen MR) is 89.2 cm³/mol. The maximum Gasteiger partial charge on any atom is 0.194 e. The van der Waals surface area contributed by atoms with Crippen LogP contribution in [0.5, 0.6) is 0 Å². The van der Waals surface area contributed by atoms with Gasteiger partial charge in [0.2, 0.25) is 0 Å². The number of fused-ring (bicyclic) bond motifs is 2. The molecule has 0 heterocycles. The fourth-order valence-electron chi connectivity index (χ4n) is 3.29. The van der Waals surface area contributed by atoms with E-state index in [9.17, 15) is 10.2 Å². The molecule has 0 saturated carbocycles. The highest BCUT2D eigenvalue weighted by Crippen LogP contribution is 2.40. The van der Waals surface area contributed by atoms with E-state index in [4.69, 9.17) is 0 Å². The first-order valence-corrected chi connectivity index (χ1v) is 7.40. The molecule has 1 aliphatic rings. The summed E-state index contributed by atoms with van der Waals surface area (Å²) in [4.78, 5) is 0. The Kier molecular flexibility index (Phi) is 2.89. The van der Waals surface area contributed by atoms with Crippen LogP contribution in [0.15, 0.2) is 66.7 Å². The molecular weight excluding hydrogens is 272 g/mol. The van der Waals surface area contributed by atoms with Crippen molar-refractivity contribution in [2.24, 2.45) is 0 Å². The van der Waals surface area contributed by atoms with Crippen molar-refractivity contribution in [3.8, 4) is 11.1 Å². The van der Waals surface area contributed by atoms with Crippen molar-refractivity contribution in [1.82, 2.24) is 0 Å². The summed E-state index contributed by atoms with van der Waals surface area (Å²) in [6, 6.07) is 20.1. The van der Waals surface area contributed by atoms with Crippen molar-refractivity contribution >= 4 is 16.8 Å². The quantitative estimate of drug-likeness (QED) is 0.663. The van der Waals surface area contributed by atoms with E-state index in [2.05, 4.69) is 18.2 Å². The third-order valence-electron chi connectivity index (χ3n) is 4.28. The van der Waals surface area contributed by atoms with Gasteiger partial charge in [-0.3, -0.25) is 0 Å². The normalized spacial score (nSPS) is 15.7. The molecule has 2 N–H and O–H groups in total. The summed E-state index contributed by atoms with van der Waals surface area (Å²) in [5.41, 5.74) is 3.36. The molecule has 0 aromatic heterocycles. The first kappa shape index (κ1) is 13.3. The van der Waals surface area contributed by atoms with Gasteiger partial charge in [0.25, 0.3) is 0 Å². The topological polar surface area (TPSA) is 40.5 Å². The minimum absolute atomic E-state index is 0.210. The van der Waals surface area contributed by atoms with Gasteiger partial charge in [-0.05, 0) is 27.5 Å². The Labute approximate surface area is 129 Å². The van der Waals surface area contributed by atoms with E-state index in [1.165, 1.54) is 0 Å². The molecule has 2 nitrogen and oxygen atoms in total. The van der Waals surface area contributed by atoms with Gasteiger partial charge in [0.15, 0.2) is 5.79 Å². The van der Waals surface area contributed by atoms with Crippen molar-refractivity contribution in [3.05, 3.63) is 77.9 Å². The largest absolute Gasteiger partial charge is 0.362 e. The lowest BCUT2D eigenvalue weighted by Gasteiger charge is -2.29. The fourth-order valence-corrected chi connectivity index (χ4v) is 3.29. The molecule has 0 saturated heterocycles. The van der Waals surface area contributed by atoms with E-state index in [0.717, 1.165) is 27.5 Å². The van der Waals surface area contributed by atoms with E-state index in [1.54, 1.807) is 6.08 Å². The van der Waals surface area contributed by atoms with E-state index < -0.39 is 5.79 Å². The molecule has 0 aliphatic heterocycles. The predicted octanol–water partition coefficient (Wildman–Crippen LogP) is 4.06. The van der Waals surface area contributed by atoms with E-state index in [0.29, 0.717) is 5.56 Å². The molecule has 0 fully saturated rings. The van der Waals surface area contributed by atoms with Crippen LogP contribution in [-0.2, 0) is 5.79 Å². The van der Waals surface area contributed by atoms with Gasteiger partial charge in [-0.15, -0.1) is 0 Å². The second-order valence-electron chi connectivity index (χ2n) is 5.72. The summed E-state index contributed by atoms with van der Waals surface area (Å²) in [6.45, 7) is 0. The lowest BCUT2D eigenvalue weighted by atomic mass is 9.84. The molecule has 0 amide bonds. The van der Waals surface area contributed by atoms with Gasteiger partial charge in [0.1, 0.15) is 0 Å². The molecule has 0 bridgehead atoms. The molecular formula is C20H16O2. The van der Waals surface area contributed by atoms with Crippen LogP contribution in [0.25, 0.3) is 28.0 Å². The van der Waals surface area contributed by atoms with Crippen molar-refractivity contribution in [2.75, 3.05) is 0 Å². The van der Waals surface area contributed by atoms with Crippen LogP contribution >= 0.6 is 0 Å². The monoisotopic (exact) mass is 288 g/mol. The van der Waals surface area contributed by atoms with Crippen LogP contribution in [-0.4, -0.2) is 10.2 Å². The van der Waals surface area contributed by atoms with Gasteiger partial charge >= 0.3 is 0 Å². The molecule has 1 aliphatic carbocycles. The number of rotatable bonds is 1. The highest BCUT2D eigenvalue weighted by atomic mass is 16.5. The maximum atomic E-state index is 10.4. The molecule has 0 unspecified atom stereocenters. The Balaban J connectivity index is 2.07. The van der Waals surface area contributed by atoms with E-state index in [1.807, 2.05) is 48.5 Å².